The monoisotopic (exact) mass is 239 g/mol. The molecular weight excluding hydrogens is 221 g/mol. The van der Waals surface area contributed by atoms with Crippen LogP contribution in [0.2, 0.25) is 0 Å². The van der Waals surface area contributed by atoms with Crippen LogP contribution in [0.25, 0.3) is 0 Å². The Hall–Kier alpha value is -1.42. The van der Waals surface area contributed by atoms with E-state index in [1.165, 1.54) is 0 Å². The summed E-state index contributed by atoms with van der Waals surface area (Å²) in [5.41, 5.74) is 7.43. The zero-order chi connectivity index (χ0) is 12.8. The maximum absolute atomic E-state index is 13.6. The molecule has 0 radical (unpaired) electrons. The summed E-state index contributed by atoms with van der Waals surface area (Å²) >= 11 is 0. The second-order valence-corrected chi connectivity index (χ2v) is 3.77. The molecule has 1 aromatic carbocycles. The first-order chi connectivity index (χ1) is 8.10. The van der Waals surface area contributed by atoms with E-state index in [1.807, 2.05) is 19.1 Å². The van der Waals surface area contributed by atoms with Crippen molar-refractivity contribution in [2.24, 2.45) is 5.73 Å². The molecule has 0 aliphatic carbocycles. The minimum atomic E-state index is -1.82. The van der Waals surface area contributed by atoms with Gasteiger partial charge in [0.2, 0.25) is 6.17 Å². The molecule has 1 rings (SSSR count). The fraction of sp³-hybridized carbons (Fsp3) is 0.462. The SMILES string of the molecule is CCOC(=O)C(F)[C@H](N)c1ccc(CC)cc1. The van der Waals surface area contributed by atoms with Crippen LogP contribution in [0.1, 0.15) is 31.0 Å². The molecular formula is C13H18FNO2. The number of hydrogen-bond acceptors (Lipinski definition) is 3. The zero-order valence-electron chi connectivity index (χ0n) is 10.2. The van der Waals surface area contributed by atoms with Gasteiger partial charge in [0.05, 0.1) is 12.6 Å². The lowest BCUT2D eigenvalue weighted by Gasteiger charge is -2.16. The van der Waals surface area contributed by atoms with Crippen molar-refractivity contribution in [3.05, 3.63) is 35.4 Å². The van der Waals surface area contributed by atoms with Gasteiger partial charge >= 0.3 is 5.97 Å². The number of esters is 1. The predicted molar refractivity (Wildman–Crippen MR) is 64.3 cm³/mol. The van der Waals surface area contributed by atoms with Crippen LogP contribution in [0.4, 0.5) is 4.39 Å². The highest BCUT2D eigenvalue weighted by molar-refractivity contribution is 5.75. The smallest absolute Gasteiger partial charge is 0.342 e. The molecule has 1 unspecified atom stereocenters. The number of aryl methyl sites for hydroxylation is 1. The lowest BCUT2D eigenvalue weighted by molar-refractivity contribution is -0.149. The van der Waals surface area contributed by atoms with Gasteiger partial charge in [0.1, 0.15) is 0 Å². The standard InChI is InChI=1S/C13H18FNO2/c1-3-9-5-7-10(8-6-9)12(15)11(14)13(16)17-4-2/h5-8,11-12H,3-4,15H2,1-2H3/t11?,12-/m1/s1. The van der Waals surface area contributed by atoms with Crippen molar-refractivity contribution in [3.63, 3.8) is 0 Å². The van der Waals surface area contributed by atoms with E-state index in [2.05, 4.69) is 4.74 Å². The Labute approximate surface area is 101 Å². The highest BCUT2D eigenvalue weighted by atomic mass is 19.1. The largest absolute Gasteiger partial charge is 0.464 e. The van der Waals surface area contributed by atoms with Crippen molar-refractivity contribution in [2.75, 3.05) is 6.61 Å². The van der Waals surface area contributed by atoms with E-state index >= 15 is 0 Å². The summed E-state index contributed by atoms with van der Waals surface area (Å²) in [7, 11) is 0. The minimum absolute atomic E-state index is 0.154. The summed E-state index contributed by atoms with van der Waals surface area (Å²) in [5.74, 6) is -0.903. The zero-order valence-corrected chi connectivity index (χ0v) is 10.2. The number of ether oxygens (including phenoxy) is 1. The molecule has 3 nitrogen and oxygen atoms in total. The molecule has 0 bridgehead atoms. The molecule has 0 saturated carbocycles. The molecule has 2 N–H and O–H groups in total. The van der Waals surface area contributed by atoms with E-state index in [0.717, 1.165) is 12.0 Å². The second kappa shape index (κ2) is 6.35. The fourth-order valence-corrected chi connectivity index (χ4v) is 1.51. The molecule has 0 aliphatic heterocycles. The first-order valence-electron chi connectivity index (χ1n) is 5.75. The first-order valence-corrected chi connectivity index (χ1v) is 5.75. The molecule has 17 heavy (non-hydrogen) atoms. The Bertz CT molecular complexity index is 364. The number of carbonyl (C=O) groups is 1. The Kier molecular flexibility index (Phi) is 5.10. The van der Waals surface area contributed by atoms with E-state index in [4.69, 9.17) is 5.73 Å². The third kappa shape index (κ3) is 3.53. The normalized spacial score (nSPS) is 14.1. The second-order valence-electron chi connectivity index (χ2n) is 3.77. The number of benzene rings is 1. The highest BCUT2D eigenvalue weighted by Gasteiger charge is 2.27. The number of alkyl halides is 1. The summed E-state index contributed by atoms with van der Waals surface area (Å²) in [6.07, 6.45) is -0.908. The van der Waals surface area contributed by atoms with Crippen molar-refractivity contribution in [2.45, 2.75) is 32.5 Å². The van der Waals surface area contributed by atoms with Gasteiger partial charge in [-0.05, 0) is 24.5 Å². The quantitative estimate of drug-likeness (QED) is 0.801. The minimum Gasteiger partial charge on any atom is -0.464 e. The molecule has 1 aromatic rings. The third-order valence-electron chi connectivity index (χ3n) is 2.60. The van der Waals surface area contributed by atoms with Crippen LogP contribution in [0.15, 0.2) is 24.3 Å². The van der Waals surface area contributed by atoms with Crippen LogP contribution in [0, 0.1) is 0 Å². The van der Waals surface area contributed by atoms with E-state index < -0.39 is 18.2 Å². The van der Waals surface area contributed by atoms with Gasteiger partial charge < -0.3 is 10.5 Å². The average Bonchev–Trinajstić information content (AvgIpc) is 2.37. The molecule has 0 aromatic heterocycles. The van der Waals surface area contributed by atoms with Gasteiger partial charge in [-0.1, -0.05) is 31.2 Å². The van der Waals surface area contributed by atoms with Crippen molar-refractivity contribution >= 4 is 5.97 Å². The van der Waals surface area contributed by atoms with Gasteiger partial charge in [0, 0.05) is 0 Å². The van der Waals surface area contributed by atoms with Gasteiger partial charge in [0.15, 0.2) is 0 Å². The summed E-state index contributed by atoms with van der Waals surface area (Å²) in [6.45, 7) is 3.82. The maximum Gasteiger partial charge on any atom is 0.342 e. The van der Waals surface area contributed by atoms with E-state index in [0.29, 0.717) is 5.56 Å². The van der Waals surface area contributed by atoms with Gasteiger partial charge in [-0.2, -0.15) is 0 Å². The third-order valence-corrected chi connectivity index (χ3v) is 2.60. The lowest BCUT2D eigenvalue weighted by atomic mass is 10.0. The number of rotatable bonds is 5. The van der Waals surface area contributed by atoms with Gasteiger partial charge in [-0.15, -0.1) is 0 Å². The molecule has 0 heterocycles. The van der Waals surface area contributed by atoms with Crippen LogP contribution >= 0.6 is 0 Å². The molecule has 0 aliphatic rings. The van der Waals surface area contributed by atoms with Gasteiger partial charge in [-0.25, -0.2) is 9.18 Å². The van der Waals surface area contributed by atoms with Crippen LogP contribution in [0.5, 0.6) is 0 Å². The Morgan fingerprint density at radius 3 is 2.41 bits per heavy atom. The Morgan fingerprint density at radius 1 is 1.35 bits per heavy atom. The van der Waals surface area contributed by atoms with Crippen molar-refractivity contribution in [3.8, 4) is 0 Å². The maximum atomic E-state index is 13.6. The predicted octanol–water partition coefficient (Wildman–Crippen LogP) is 2.15. The molecule has 94 valence electrons. The topological polar surface area (TPSA) is 52.3 Å². The lowest BCUT2D eigenvalue weighted by Crippen LogP contribution is -2.31. The number of nitrogens with two attached hydrogens (primary N) is 1. The Balaban J connectivity index is 2.73. The highest BCUT2D eigenvalue weighted by Crippen LogP contribution is 2.18. The van der Waals surface area contributed by atoms with Crippen LogP contribution in [0.3, 0.4) is 0 Å². The molecule has 0 spiro atoms. The van der Waals surface area contributed by atoms with Gasteiger partial charge in [-0.3, -0.25) is 0 Å². The van der Waals surface area contributed by atoms with Crippen LogP contribution in [-0.2, 0) is 16.0 Å². The summed E-state index contributed by atoms with van der Waals surface area (Å²) in [4.78, 5) is 11.2. The average molecular weight is 239 g/mol. The van der Waals surface area contributed by atoms with Crippen LogP contribution in [-0.4, -0.2) is 18.7 Å². The molecule has 0 saturated heterocycles. The first kappa shape index (κ1) is 13.6. The molecule has 4 heteroatoms. The van der Waals surface area contributed by atoms with Crippen molar-refractivity contribution in [1.29, 1.82) is 0 Å². The van der Waals surface area contributed by atoms with Crippen LogP contribution < -0.4 is 5.73 Å². The summed E-state index contributed by atoms with van der Waals surface area (Å²) in [6, 6.07) is 6.28. The molecule has 0 amide bonds. The number of carbonyl (C=O) groups excluding carboxylic acids is 1. The Morgan fingerprint density at radius 2 is 1.94 bits per heavy atom. The van der Waals surface area contributed by atoms with E-state index in [9.17, 15) is 9.18 Å². The van der Waals surface area contributed by atoms with E-state index in [-0.39, 0.29) is 6.61 Å². The number of halogens is 1. The molecule has 2 atom stereocenters. The van der Waals surface area contributed by atoms with Crippen molar-refractivity contribution < 1.29 is 13.9 Å². The van der Waals surface area contributed by atoms with Crippen molar-refractivity contribution in [1.82, 2.24) is 0 Å². The van der Waals surface area contributed by atoms with Gasteiger partial charge in [0.25, 0.3) is 0 Å². The van der Waals surface area contributed by atoms with E-state index in [1.54, 1.807) is 19.1 Å². The number of hydrogen-bond donors (Lipinski definition) is 1. The summed E-state index contributed by atoms with van der Waals surface area (Å²) < 4.78 is 18.2. The fourth-order valence-electron chi connectivity index (χ4n) is 1.51. The molecule has 0 fully saturated rings. The summed E-state index contributed by atoms with van der Waals surface area (Å²) in [5, 5.41) is 0.